The van der Waals surface area contributed by atoms with Gasteiger partial charge >= 0.3 is 0 Å². The lowest BCUT2D eigenvalue weighted by Crippen LogP contribution is -2.17. The van der Waals surface area contributed by atoms with Crippen molar-refractivity contribution in [1.29, 1.82) is 5.26 Å². The van der Waals surface area contributed by atoms with E-state index in [9.17, 15) is 0 Å². The van der Waals surface area contributed by atoms with Crippen molar-refractivity contribution < 1.29 is 5.48 Å². The zero-order valence-electron chi connectivity index (χ0n) is 6.72. The van der Waals surface area contributed by atoms with E-state index in [1.54, 1.807) is 4.90 Å². The molecule has 10 heavy (non-hydrogen) atoms. The van der Waals surface area contributed by atoms with Gasteiger partial charge in [0.15, 0.2) is 6.19 Å². The van der Waals surface area contributed by atoms with Gasteiger partial charge in [-0.25, -0.2) is 0 Å². The number of unbranched alkanes of at least 4 members (excludes halogenated alkanes) is 1. The van der Waals surface area contributed by atoms with Crippen molar-refractivity contribution in [2.24, 2.45) is 0 Å². The summed E-state index contributed by atoms with van der Waals surface area (Å²) in [7, 11) is 0. The maximum Gasteiger partial charge on any atom is 0.179 e. The van der Waals surface area contributed by atoms with Gasteiger partial charge in [0, 0.05) is 13.1 Å². The van der Waals surface area contributed by atoms with Crippen LogP contribution >= 0.6 is 0 Å². The third kappa shape index (κ3) is 5.39. The van der Waals surface area contributed by atoms with Gasteiger partial charge in [0.05, 0.1) is 0 Å². The number of nitrogens with zero attached hydrogens (tertiary/aromatic N) is 2. The highest BCUT2D eigenvalue weighted by Crippen LogP contribution is 1.91. The summed E-state index contributed by atoms with van der Waals surface area (Å²) < 4.78 is 0. The molecule has 0 aromatic carbocycles. The predicted octanol–water partition coefficient (Wildman–Crippen LogP) is 0.765. The Hall–Kier alpha value is -0.750. The van der Waals surface area contributed by atoms with Crippen molar-refractivity contribution in [3.8, 4) is 6.19 Å². The molecule has 2 N–H and O–H groups in total. The average molecular weight is 144 g/mol. The van der Waals surface area contributed by atoms with Crippen LogP contribution in [0, 0.1) is 11.5 Å². The summed E-state index contributed by atoms with van der Waals surface area (Å²) >= 11 is 0. The van der Waals surface area contributed by atoms with E-state index >= 15 is 0 Å². The van der Waals surface area contributed by atoms with Gasteiger partial charge in [0.1, 0.15) is 0 Å². The Morgan fingerprint density at radius 3 is 2.30 bits per heavy atom. The summed E-state index contributed by atoms with van der Waals surface area (Å²) in [6, 6.07) is 0. The minimum atomic E-state index is 0. The molecule has 0 aliphatic rings. The molecule has 0 amide bonds. The van der Waals surface area contributed by atoms with Gasteiger partial charge in [-0.3, -0.25) is 0 Å². The largest absolute Gasteiger partial charge is 0.412 e. The van der Waals surface area contributed by atoms with Crippen LogP contribution in [0.3, 0.4) is 0 Å². The molecule has 0 aromatic rings. The Morgan fingerprint density at radius 1 is 1.40 bits per heavy atom. The third-order valence-corrected chi connectivity index (χ3v) is 1.30. The lowest BCUT2D eigenvalue weighted by Gasteiger charge is -2.10. The van der Waals surface area contributed by atoms with E-state index in [0.29, 0.717) is 0 Å². The standard InChI is InChI=1S/C7H14N2.H2O/c1-3-5-6-9(4-2)7-8;/h3-6H2,1-2H3;1H2. The quantitative estimate of drug-likeness (QED) is 0.432. The summed E-state index contributed by atoms with van der Waals surface area (Å²) in [5, 5.41) is 8.43. The van der Waals surface area contributed by atoms with Crippen LogP contribution in [-0.4, -0.2) is 23.5 Å². The molecule has 0 aromatic heterocycles. The van der Waals surface area contributed by atoms with Gasteiger partial charge in [-0.15, -0.1) is 0 Å². The fraction of sp³-hybridized carbons (Fsp3) is 0.857. The molecule has 0 saturated heterocycles. The highest BCUT2D eigenvalue weighted by atomic mass is 16.0. The van der Waals surface area contributed by atoms with Gasteiger partial charge in [0.2, 0.25) is 0 Å². The van der Waals surface area contributed by atoms with Gasteiger partial charge in [-0.2, -0.15) is 5.26 Å². The van der Waals surface area contributed by atoms with Crippen LogP contribution in [0.4, 0.5) is 0 Å². The molecular weight excluding hydrogens is 128 g/mol. The Morgan fingerprint density at radius 2 is 2.00 bits per heavy atom. The molecule has 0 saturated carbocycles. The van der Waals surface area contributed by atoms with Crippen LogP contribution in [0.5, 0.6) is 0 Å². The molecular formula is C7H16N2O. The highest BCUT2D eigenvalue weighted by molar-refractivity contribution is 4.70. The van der Waals surface area contributed by atoms with Crippen molar-refractivity contribution in [1.82, 2.24) is 4.90 Å². The first-order valence-corrected chi connectivity index (χ1v) is 3.49. The second-order valence-electron chi connectivity index (χ2n) is 2.03. The SMILES string of the molecule is CCCCN(C#N)CC.O. The first-order valence-electron chi connectivity index (χ1n) is 3.49. The molecule has 3 heteroatoms. The minimum absolute atomic E-state index is 0. The van der Waals surface area contributed by atoms with E-state index in [2.05, 4.69) is 13.1 Å². The molecule has 0 heterocycles. The second-order valence-corrected chi connectivity index (χ2v) is 2.03. The molecule has 0 spiro atoms. The normalized spacial score (nSPS) is 7.70. The van der Waals surface area contributed by atoms with E-state index in [0.717, 1.165) is 25.9 Å². The molecule has 0 fully saturated rings. The smallest absolute Gasteiger partial charge is 0.179 e. The van der Waals surface area contributed by atoms with E-state index < -0.39 is 0 Å². The Balaban J connectivity index is 0. The summed E-state index contributed by atoms with van der Waals surface area (Å²) in [5.41, 5.74) is 0. The fourth-order valence-corrected chi connectivity index (χ4v) is 0.628. The van der Waals surface area contributed by atoms with Crippen LogP contribution in [0.15, 0.2) is 0 Å². The molecule has 0 radical (unpaired) electrons. The van der Waals surface area contributed by atoms with Crippen molar-refractivity contribution in [3.05, 3.63) is 0 Å². The van der Waals surface area contributed by atoms with Gasteiger partial charge in [-0.05, 0) is 13.3 Å². The molecule has 0 rings (SSSR count). The maximum absolute atomic E-state index is 8.43. The molecule has 3 nitrogen and oxygen atoms in total. The molecule has 60 valence electrons. The van der Waals surface area contributed by atoms with Crippen molar-refractivity contribution in [2.75, 3.05) is 13.1 Å². The van der Waals surface area contributed by atoms with Crippen molar-refractivity contribution in [3.63, 3.8) is 0 Å². The van der Waals surface area contributed by atoms with Gasteiger partial charge in [0.25, 0.3) is 0 Å². The lowest BCUT2D eigenvalue weighted by atomic mass is 10.3. The topological polar surface area (TPSA) is 58.5 Å². The number of hydrogen-bond donors (Lipinski definition) is 0. The Kier molecular flexibility index (Phi) is 9.88. The van der Waals surface area contributed by atoms with E-state index in [1.165, 1.54) is 0 Å². The molecule has 0 aliphatic heterocycles. The highest BCUT2D eigenvalue weighted by Gasteiger charge is 1.93. The van der Waals surface area contributed by atoms with E-state index in [1.807, 2.05) is 6.92 Å². The summed E-state index contributed by atoms with van der Waals surface area (Å²) in [6.07, 6.45) is 4.41. The summed E-state index contributed by atoms with van der Waals surface area (Å²) in [5.74, 6) is 0. The van der Waals surface area contributed by atoms with Crippen LogP contribution in [0.2, 0.25) is 0 Å². The zero-order chi connectivity index (χ0) is 7.11. The van der Waals surface area contributed by atoms with Crippen molar-refractivity contribution >= 4 is 0 Å². The summed E-state index contributed by atoms with van der Waals surface area (Å²) in [6.45, 7) is 5.89. The third-order valence-electron chi connectivity index (χ3n) is 1.30. The molecule has 0 atom stereocenters. The van der Waals surface area contributed by atoms with Crippen LogP contribution in [-0.2, 0) is 0 Å². The van der Waals surface area contributed by atoms with Gasteiger partial charge in [-0.1, -0.05) is 13.3 Å². The monoisotopic (exact) mass is 144 g/mol. The van der Waals surface area contributed by atoms with Crippen molar-refractivity contribution in [2.45, 2.75) is 26.7 Å². The summed E-state index contributed by atoms with van der Waals surface area (Å²) in [4.78, 5) is 1.77. The maximum atomic E-state index is 8.43. The minimum Gasteiger partial charge on any atom is -0.412 e. The van der Waals surface area contributed by atoms with Gasteiger partial charge < -0.3 is 10.4 Å². The first-order chi connectivity index (χ1) is 4.35. The van der Waals surface area contributed by atoms with E-state index in [-0.39, 0.29) is 5.48 Å². The fourth-order valence-electron chi connectivity index (χ4n) is 0.628. The zero-order valence-corrected chi connectivity index (χ0v) is 6.72. The average Bonchev–Trinajstić information content (AvgIpc) is 1.91. The number of nitriles is 1. The predicted molar refractivity (Wildman–Crippen MR) is 41.4 cm³/mol. The van der Waals surface area contributed by atoms with Crippen LogP contribution < -0.4 is 0 Å². The Labute approximate surface area is 62.6 Å². The molecule has 0 unspecified atom stereocenters. The second kappa shape index (κ2) is 8.25. The van der Waals surface area contributed by atoms with Crippen LogP contribution in [0.1, 0.15) is 26.7 Å². The molecule has 0 bridgehead atoms. The van der Waals surface area contributed by atoms with Crippen LogP contribution in [0.25, 0.3) is 0 Å². The number of rotatable bonds is 4. The lowest BCUT2D eigenvalue weighted by molar-refractivity contribution is 0.402. The van der Waals surface area contributed by atoms with E-state index in [4.69, 9.17) is 5.26 Å². The Bertz CT molecular complexity index is 98.3. The molecule has 0 aliphatic carbocycles. The number of hydrogen-bond acceptors (Lipinski definition) is 2. The first kappa shape index (κ1) is 12.0.